The second-order valence-corrected chi connectivity index (χ2v) is 5.52. The third kappa shape index (κ3) is 4.60. The molecule has 1 aliphatic rings. The molecule has 1 aliphatic carbocycles. The summed E-state index contributed by atoms with van der Waals surface area (Å²) in [5, 5.41) is 14.0. The van der Waals surface area contributed by atoms with Crippen molar-refractivity contribution >= 4 is 23.4 Å². The molecule has 0 spiro atoms. The van der Waals surface area contributed by atoms with Gasteiger partial charge in [-0.1, -0.05) is 30.9 Å². The van der Waals surface area contributed by atoms with Crippen LogP contribution in [0.1, 0.15) is 37.7 Å². The Kier molecular flexibility index (Phi) is 5.38. The van der Waals surface area contributed by atoms with Gasteiger partial charge < -0.3 is 10.1 Å². The Hall–Kier alpha value is -1.82. The molecule has 1 amide bonds. The first kappa shape index (κ1) is 15.6. The summed E-state index contributed by atoms with van der Waals surface area (Å²) in [6, 6.07) is 4.42. The smallest absolute Gasteiger partial charge is 0.407 e. The quantitative estimate of drug-likeness (QED) is 0.677. The summed E-state index contributed by atoms with van der Waals surface area (Å²) in [5.41, 5.74) is 0.177. The van der Waals surface area contributed by atoms with E-state index in [1.165, 1.54) is 24.6 Å². The Bertz CT molecular complexity index is 530. The van der Waals surface area contributed by atoms with E-state index in [0.717, 1.165) is 25.7 Å². The van der Waals surface area contributed by atoms with Gasteiger partial charge in [0.25, 0.3) is 5.69 Å². The van der Waals surface area contributed by atoms with Gasteiger partial charge in [-0.2, -0.15) is 0 Å². The van der Waals surface area contributed by atoms with E-state index in [9.17, 15) is 14.9 Å². The first-order valence-electron chi connectivity index (χ1n) is 6.92. The van der Waals surface area contributed by atoms with Gasteiger partial charge in [0.15, 0.2) is 0 Å². The second-order valence-electron chi connectivity index (χ2n) is 5.09. The van der Waals surface area contributed by atoms with Crippen molar-refractivity contribution < 1.29 is 14.5 Å². The number of carbonyl (C=O) groups excluding carboxylic acids is 1. The number of nitrogens with zero attached hydrogens (tertiary/aromatic N) is 1. The lowest BCUT2D eigenvalue weighted by atomic mass is 9.96. The van der Waals surface area contributed by atoms with Crippen LogP contribution in [-0.4, -0.2) is 17.1 Å². The first-order valence-corrected chi connectivity index (χ1v) is 7.30. The zero-order valence-electron chi connectivity index (χ0n) is 11.5. The van der Waals surface area contributed by atoms with Crippen LogP contribution in [0.3, 0.4) is 0 Å². The fourth-order valence-electron chi connectivity index (χ4n) is 2.43. The summed E-state index contributed by atoms with van der Waals surface area (Å²) in [4.78, 5) is 22.1. The van der Waals surface area contributed by atoms with Crippen LogP contribution in [0.5, 0.6) is 0 Å². The number of nitrogens with one attached hydrogen (secondary N) is 1. The third-order valence-electron chi connectivity index (χ3n) is 3.53. The lowest BCUT2D eigenvalue weighted by Gasteiger charge is -2.22. The van der Waals surface area contributed by atoms with Gasteiger partial charge in [-0.05, 0) is 25.0 Å². The van der Waals surface area contributed by atoms with Crippen molar-refractivity contribution in [2.45, 2.75) is 44.8 Å². The number of halogens is 1. The van der Waals surface area contributed by atoms with Gasteiger partial charge >= 0.3 is 6.09 Å². The standard InChI is InChI=1S/C14H17ClN2O4/c15-11-7-6-10(13(8-11)17(19)20)9-21-14(18)16-12-4-2-1-3-5-12/h6-8,12H,1-5,9H2,(H,16,18). The van der Waals surface area contributed by atoms with Gasteiger partial charge in [0.1, 0.15) is 6.61 Å². The monoisotopic (exact) mass is 312 g/mol. The largest absolute Gasteiger partial charge is 0.444 e. The van der Waals surface area contributed by atoms with Crippen molar-refractivity contribution in [3.8, 4) is 0 Å². The molecule has 0 unspecified atom stereocenters. The molecule has 1 aromatic carbocycles. The highest BCUT2D eigenvalue weighted by Crippen LogP contribution is 2.24. The summed E-state index contributed by atoms with van der Waals surface area (Å²) in [6.07, 6.45) is 4.78. The fraction of sp³-hybridized carbons (Fsp3) is 0.500. The molecule has 114 valence electrons. The maximum Gasteiger partial charge on any atom is 0.407 e. The van der Waals surface area contributed by atoms with Crippen molar-refractivity contribution in [3.05, 3.63) is 38.9 Å². The summed E-state index contributed by atoms with van der Waals surface area (Å²) in [7, 11) is 0. The number of hydrogen-bond acceptors (Lipinski definition) is 4. The highest BCUT2D eigenvalue weighted by molar-refractivity contribution is 6.30. The number of alkyl carbamates (subject to hydrolysis) is 1. The molecule has 21 heavy (non-hydrogen) atoms. The van der Waals surface area contributed by atoms with Crippen molar-refractivity contribution in [2.24, 2.45) is 0 Å². The van der Waals surface area contributed by atoms with Crippen LogP contribution in [-0.2, 0) is 11.3 Å². The van der Waals surface area contributed by atoms with Gasteiger partial charge in [0, 0.05) is 17.1 Å². The number of amides is 1. The minimum Gasteiger partial charge on any atom is -0.444 e. The van der Waals surface area contributed by atoms with Crippen molar-refractivity contribution in [2.75, 3.05) is 0 Å². The van der Waals surface area contributed by atoms with Crippen molar-refractivity contribution in [1.82, 2.24) is 5.32 Å². The maximum absolute atomic E-state index is 11.7. The molecular weight excluding hydrogens is 296 g/mol. The Balaban J connectivity index is 1.90. The molecule has 1 aromatic rings. The Labute approximate surface area is 127 Å². The second kappa shape index (κ2) is 7.26. The van der Waals surface area contributed by atoms with E-state index >= 15 is 0 Å². The molecule has 6 nitrogen and oxygen atoms in total. The van der Waals surface area contributed by atoms with Gasteiger partial charge in [0.2, 0.25) is 0 Å². The number of nitro groups is 1. The van der Waals surface area contributed by atoms with Crippen LogP contribution in [0.4, 0.5) is 10.5 Å². The molecule has 7 heteroatoms. The normalized spacial score (nSPS) is 15.5. The third-order valence-corrected chi connectivity index (χ3v) is 3.77. The molecule has 2 rings (SSSR count). The lowest BCUT2D eigenvalue weighted by molar-refractivity contribution is -0.385. The van der Waals surface area contributed by atoms with E-state index in [4.69, 9.17) is 16.3 Å². The highest BCUT2D eigenvalue weighted by Gasteiger charge is 2.18. The Morgan fingerprint density at radius 1 is 1.38 bits per heavy atom. The van der Waals surface area contributed by atoms with Crippen molar-refractivity contribution in [1.29, 1.82) is 0 Å². The lowest BCUT2D eigenvalue weighted by Crippen LogP contribution is -2.36. The summed E-state index contributed by atoms with van der Waals surface area (Å²) < 4.78 is 5.06. The van der Waals surface area contributed by atoms with E-state index in [-0.39, 0.29) is 23.4 Å². The topological polar surface area (TPSA) is 81.5 Å². The predicted molar refractivity (Wildman–Crippen MR) is 78.3 cm³/mol. The minimum atomic E-state index is -0.538. The van der Waals surface area contributed by atoms with Crippen LogP contribution in [0.15, 0.2) is 18.2 Å². The van der Waals surface area contributed by atoms with Crippen LogP contribution < -0.4 is 5.32 Å². The van der Waals surface area contributed by atoms with E-state index < -0.39 is 11.0 Å². The molecule has 1 N–H and O–H groups in total. The van der Waals surface area contributed by atoms with Gasteiger partial charge in [-0.3, -0.25) is 10.1 Å². The molecule has 1 saturated carbocycles. The molecule has 0 bridgehead atoms. The molecule has 1 fully saturated rings. The number of nitro benzene ring substituents is 1. The number of carbonyl (C=O) groups is 1. The SMILES string of the molecule is O=C(NC1CCCCC1)OCc1ccc(Cl)cc1[N+](=O)[O-]. The number of benzene rings is 1. The maximum atomic E-state index is 11.7. The molecule has 0 atom stereocenters. The van der Waals surface area contributed by atoms with E-state index in [0.29, 0.717) is 5.56 Å². The Morgan fingerprint density at radius 3 is 2.76 bits per heavy atom. The molecule has 0 heterocycles. The Morgan fingerprint density at radius 2 is 2.10 bits per heavy atom. The van der Waals surface area contributed by atoms with Gasteiger partial charge in [0.05, 0.1) is 10.5 Å². The minimum absolute atomic E-state index is 0.145. The molecule has 0 aromatic heterocycles. The molecule has 0 radical (unpaired) electrons. The van der Waals surface area contributed by atoms with Crippen LogP contribution in [0.25, 0.3) is 0 Å². The summed E-state index contributed by atoms with van der Waals surface area (Å²) >= 11 is 5.73. The highest BCUT2D eigenvalue weighted by atomic mass is 35.5. The van der Waals surface area contributed by atoms with Gasteiger partial charge in [-0.25, -0.2) is 4.79 Å². The molecule has 0 aliphatic heterocycles. The average Bonchev–Trinajstić information content (AvgIpc) is 2.47. The van der Waals surface area contributed by atoms with E-state index in [1.807, 2.05) is 0 Å². The van der Waals surface area contributed by atoms with E-state index in [2.05, 4.69) is 5.32 Å². The van der Waals surface area contributed by atoms with E-state index in [1.54, 1.807) is 0 Å². The zero-order chi connectivity index (χ0) is 15.2. The fourth-order valence-corrected chi connectivity index (χ4v) is 2.59. The number of hydrogen-bond donors (Lipinski definition) is 1. The predicted octanol–water partition coefficient (Wildman–Crippen LogP) is 3.81. The number of rotatable bonds is 4. The van der Waals surface area contributed by atoms with Crippen LogP contribution >= 0.6 is 11.6 Å². The molecule has 0 saturated heterocycles. The number of ether oxygens (including phenoxy) is 1. The van der Waals surface area contributed by atoms with Crippen LogP contribution in [0.2, 0.25) is 5.02 Å². The molecular formula is C14H17ClN2O4. The summed E-state index contributed by atoms with van der Waals surface area (Å²) in [6.45, 7) is -0.147. The van der Waals surface area contributed by atoms with Gasteiger partial charge in [-0.15, -0.1) is 0 Å². The first-order chi connectivity index (χ1) is 10.1. The van der Waals surface area contributed by atoms with Crippen LogP contribution in [0, 0.1) is 10.1 Å². The average molecular weight is 313 g/mol. The summed E-state index contributed by atoms with van der Waals surface area (Å²) in [5.74, 6) is 0. The van der Waals surface area contributed by atoms with Crippen molar-refractivity contribution in [3.63, 3.8) is 0 Å². The zero-order valence-corrected chi connectivity index (χ0v) is 12.3.